The highest BCUT2D eigenvalue weighted by atomic mass is 19.4. The van der Waals surface area contributed by atoms with Crippen molar-refractivity contribution in [2.24, 2.45) is 35.5 Å². The molecule has 0 heterocycles. The molecule has 0 aromatic heterocycles. The summed E-state index contributed by atoms with van der Waals surface area (Å²) in [6.45, 7) is 12.0. The summed E-state index contributed by atoms with van der Waals surface area (Å²) in [5.74, 6) is -0.495. The number of fused-ring (bicyclic) bond motifs is 2. The van der Waals surface area contributed by atoms with Gasteiger partial charge in [-0.1, -0.05) is 54.4 Å². The average Bonchev–Trinajstić information content (AvgIpc) is 3.29. The van der Waals surface area contributed by atoms with Crippen molar-refractivity contribution < 1.29 is 46.1 Å². The van der Waals surface area contributed by atoms with E-state index in [2.05, 4.69) is 18.6 Å². The zero-order valence-electron chi connectivity index (χ0n) is 21.1. The number of unbranched alkanes of at least 4 members (excludes halogenated alkanes) is 1. The summed E-state index contributed by atoms with van der Waals surface area (Å²) in [6, 6.07) is 0. The number of ether oxygens (including phenoxy) is 1. The number of aliphatic hydroxyl groups is 2. The lowest BCUT2D eigenvalue weighted by Gasteiger charge is -2.39. The van der Waals surface area contributed by atoms with Gasteiger partial charge < -0.3 is 14.9 Å². The van der Waals surface area contributed by atoms with Crippen LogP contribution in [-0.4, -0.2) is 47.3 Å². The lowest BCUT2D eigenvalue weighted by atomic mass is 9.72. The van der Waals surface area contributed by atoms with E-state index in [9.17, 15) is 36.2 Å². The molecule has 2 rings (SSSR count). The second-order valence-electron chi connectivity index (χ2n) is 9.63. The minimum absolute atomic E-state index is 0.0495. The Bertz CT molecular complexity index is 575. The summed E-state index contributed by atoms with van der Waals surface area (Å²) in [5.41, 5.74) is -4.59. The van der Waals surface area contributed by atoms with Gasteiger partial charge in [-0.2, -0.15) is 26.3 Å². The molecule has 2 N–H and O–H groups in total. The highest BCUT2D eigenvalue weighted by molar-refractivity contribution is 5.71. The molecule has 0 aliphatic heterocycles. The van der Waals surface area contributed by atoms with Crippen molar-refractivity contribution in [3.8, 4) is 0 Å². The van der Waals surface area contributed by atoms with Crippen LogP contribution in [0.1, 0.15) is 80.1 Å². The van der Waals surface area contributed by atoms with Crippen molar-refractivity contribution >= 4 is 5.97 Å². The predicted octanol–water partition coefficient (Wildman–Crippen LogP) is 6.53. The number of aliphatic hydroxyl groups excluding tert-OH is 1. The minimum atomic E-state index is -5.69. The van der Waals surface area contributed by atoms with Gasteiger partial charge in [-0.3, -0.25) is 4.79 Å². The molecule has 6 atom stereocenters. The van der Waals surface area contributed by atoms with E-state index in [0.717, 1.165) is 6.42 Å². The Balaban J connectivity index is 0.000000652. The third-order valence-electron chi connectivity index (χ3n) is 7.38. The first-order valence-corrected chi connectivity index (χ1v) is 12.1. The van der Waals surface area contributed by atoms with Gasteiger partial charge in [-0.25, -0.2) is 0 Å². The predicted molar refractivity (Wildman–Crippen MR) is 118 cm³/mol. The zero-order valence-corrected chi connectivity index (χ0v) is 21.1. The fraction of sp³-hybridized carbons (Fsp3) is 0.958. The Morgan fingerprint density at radius 2 is 1.47 bits per heavy atom. The highest BCUT2D eigenvalue weighted by Gasteiger charge is 2.71. The molecule has 2 bridgehead atoms. The number of halogens is 6. The number of carbonyl (C=O) groups is 1. The Kier molecular flexibility index (Phi) is 13.5. The van der Waals surface area contributed by atoms with Crippen LogP contribution in [0, 0.1) is 35.5 Å². The molecule has 0 aromatic rings. The molecule has 2 fully saturated rings. The number of esters is 1. The number of hydrogen-bond acceptors (Lipinski definition) is 4. The summed E-state index contributed by atoms with van der Waals surface area (Å²) >= 11 is 0. The summed E-state index contributed by atoms with van der Waals surface area (Å²) in [6.07, 6.45) is -8.20. The SMILES string of the molecule is CC1C2CC(CC(O)(C(F)(F)F)C(F)(F)F)C(C2)C1C.CCC(C)C(=O)OCCO.CCCC. The fourth-order valence-electron chi connectivity index (χ4n) is 4.56. The van der Waals surface area contributed by atoms with E-state index in [1.54, 1.807) is 6.92 Å². The summed E-state index contributed by atoms with van der Waals surface area (Å²) < 4.78 is 80.9. The van der Waals surface area contributed by atoms with Crippen LogP contribution >= 0.6 is 0 Å². The molecule has 2 aliphatic rings. The Morgan fingerprint density at radius 3 is 1.79 bits per heavy atom. The van der Waals surface area contributed by atoms with E-state index in [0.29, 0.717) is 18.8 Å². The molecular weight excluding hydrogens is 466 g/mol. The van der Waals surface area contributed by atoms with Crippen molar-refractivity contribution in [2.45, 2.75) is 98.0 Å². The number of hydrogen-bond donors (Lipinski definition) is 2. The standard InChI is InChI=1S/C13H18F6O.C7H14O3.C4H10/c1-6-7(2)10-4-8(6)3-9(10)5-11(20,12(14,15)16)13(17,18)19;1-3-6(2)7(9)10-5-4-8;1-3-4-2/h6-10,20H,3-5H2,1-2H3;6,8H,3-5H2,1-2H3;3-4H2,1-2H3. The molecule has 4 nitrogen and oxygen atoms in total. The lowest BCUT2D eigenvalue weighted by molar-refractivity contribution is -0.373. The summed E-state index contributed by atoms with van der Waals surface area (Å²) in [4.78, 5) is 10.8. The molecule has 2 aliphatic carbocycles. The number of alkyl halides is 6. The molecule has 6 unspecified atom stereocenters. The van der Waals surface area contributed by atoms with Gasteiger partial charge in [0, 0.05) is 0 Å². The van der Waals surface area contributed by atoms with Crippen molar-refractivity contribution in [1.29, 1.82) is 0 Å². The first kappa shape index (κ1) is 33.0. The second kappa shape index (κ2) is 13.9. The molecular formula is C24H42F6O4. The van der Waals surface area contributed by atoms with Crippen LogP contribution in [0.5, 0.6) is 0 Å². The van der Waals surface area contributed by atoms with Crippen LogP contribution in [0.15, 0.2) is 0 Å². The van der Waals surface area contributed by atoms with Gasteiger partial charge in [-0.15, -0.1) is 0 Å². The van der Waals surface area contributed by atoms with Gasteiger partial charge in [0.05, 0.1) is 12.5 Å². The third kappa shape index (κ3) is 8.57. The van der Waals surface area contributed by atoms with Gasteiger partial charge >= 0.3 is 18.3 Å². The van der Waals surface area contributed by atoms with E-state index in [-0.39, 0.29) is 42.9 Å². The molecule has 0 spiro atoms. The Labute approximate surface area is 199 Å². The maximum atomic E-state index is 12.7. The summed E-state index contributed by atoms with van der Waals surface area (Å²) in [5, 5.41) is 17.6. The van der Waals surface area contributed by atoms with Crippen LogP contribution in [-0.2, 0) is 9.53 Å². The van der Waals surface area contributed by atoms with Gasteiger partial charge in [-0.05, 0) is 55.3 Å². The van der Waals surface area contributed by atoms with Crippen molar-refractivity contribution in [1.82, 2.24) is 0 Å². The third-order valence-corrected chi connectivity index (χ3v) is 7.38. The monoisotopic (exact) mass is 508 g/mol. The first-order chi connectivity index (χ1) is 15.5. The van der Waals surface area contributed by atoms with Gasteiger partial charge in [0.1, 0.15) is 6.61 Å². The largest absolute Gasteiger partial charge is 0.463 e. The molecule has 10 heteroatoms. The van der Waals surface area contributed by atoms with Crippen molar-refractivity contribution in [3.05, 3.63) is 0 Å². The van der Waals surface area contributed by atoms with Crippen molar-refractivity contribution in [2.75, 3.05) is 13.2 Å². The first-order valence-electron chi connectivity index (χ1n) is 12.1. The molecule has 204 valence electrons. The van der Waals surface area contributed by atoms with Gasteiger partial charge in [0.25, 0.3) is 5.60 Å². The maximum absolute atomic E-state index is 12.7. The normalized spacial score (nSPS) is 27.3. The van der Waals surface area contributed by atoms with E-state index in [1.165, 1.54) is 12.8 Å². The van der Waals surface area contributed by atoms with E-state index in [1.807, 2.05) is 20.8 Å². The van der Waals surface area contributed by atoms with Gasteiger partial charge in [0.2, 0.25) is 0 Å². The molecule has 2 saturated carbocycles. The molecule has 34 heavy (non-hydrogen) atoms. The van der Waals surface area contributed by atoms with E-state index >= 15 is 0 Å². The quantitative estimate of drug-likeness (QED) is 0.303. The maximum Gasteiger partial charge on any atom is 0.426 e. The molecule has 0 aromatic carbocycles. The van der Waals surface area contributed by atoms with Crippen LogP contribution in [0.2, 0.25) is 0 Å². The fourth-order valence-corrected chi connectivity index (χ4v) is 4.56. The smallest absolute Gasteiger partial charge is 0.426 e. The van der Waals surface area contributed by atoms with Crippen LogP contribution in [0.3, 0.4) is 0 Å². The van der Waals surface area contributed by atoms with Crippen LogP contribution in [0.25, 0.3) is 0 Å². The number of carbonyl (C=O) groups excluding carboxylic acids is 1. The van der Waals surface area contributed by atoms with E-state index in [4.69, 9.17) is 5.11 Å². The Hall–Kier alpha value is -1.03. The number of rotatable bonds is 7. The molecule has 0 amide bonds. The summed E-state index contributed by atoms with van der Waals surface area (Å²) in [7, 11) is 0. The highest BCUT2D eigenvalue weighted by Crippen LogP contribution is 2.59. The minimum Gasteiger partial charge on any atom is -0.463 e. The average molecular weight is 509 g/mol. The van der Waals surface area contributed by atoms with Gasteiger partial charge in [0.15, 0.2) is 0 Å². The van der Waals surface area contributed by atoms with Crippen LogP contribution in [0.4, 0.5) is 26.3 Å². The lowest BCUT2D eigenvalue weighted by Crippen LogP contribution is -2.58. The molecule has 0 saturated heterocycles. The zero-order chi connectivity index (χ0) is 26.9. The second-order valence-corrected chi connectivity index (χ2v) is 9.63. The molecule has 0 radical (unpaired) electrons. The van der Waals surface area contributed by atoms with E-state index < -0.39 is 30.3 Å². The van der Waals surface area contributed by atoms with Crippen LogP contribution < -0.4 is 0 Å². The Morgan fingerprint density at radius 1 is 0.971 bits per heavy atom. The topological polar surface area (TPSA) is 66.8 Å². The van der Waals surface area contributed by atoms with Crippen molar-refractivity contribution in [3.63, 3.8) is 0 Å².